The molecule has 2 unspecified atom stereocenters. The molecule has 290 valence electrons. The van der Waals surface area contributed by atoms with Gasteiger partial charge in [-0.1, -0.05) is 243 Å². The van der Waals surface area contributed by atoms with Gasteiger partial charge in [0.25, 0.3) is 0 Å². The van der Waals surface area contributed by atoms with E-state index in [0.29, 0.717) is 0 Å². The van der Waals surface area contributed by atoms with Crippen LogP contribution >= 0.6 is 0 Å². The van der Waals surface area contributed by atoms with E-state index in [1.165, 1.54) is 111 Å². The Bertz CT molecular complexity index is 2960. The van der Waals surface area contributed by atoms with Gasteiger partial charge in [-0.25, -0.2) is 0 Å². The first kappa shape index (κ1) is 36.1. The van der Waals surface area contributed by atoms with Crippen LogP contribution in [0, 0.1) is 11.8 Å². The summed E-state index contributed by atoms with van der Waals surface area (Å²) in [6.45, 7) is 0. The Labute approximate surface area is 364 Å². The van der Waals surface area contributed by atoms with Crippen molar-refractivity contribution in [3.05, 3.63) is 309 Å². The summed E-state index contributed by atoms with van der Waals surface area (Å²) in [7, 11) is 0. The molecule has 0 saturated carbocycles. The van der Waals surface area contributed by atoms with Gasteiger partial charge in [-0.15, -0.1) is 0 Å². The first-order valence-electron chi connectivity index (χ1n) is 21.8. The molecule has 2 atom stereocenters. The van der Waals surface area contributed by atoms with Gasteiger partial charge in [0, 0.05) is 11.8 Å². The molecule has 0 aliphatic heterocycles. The molecule has 62 heavy (non-hydrogen) atoms. The molecule has 4 aliphatic rings. The van der Waals surface area contributed by atoms with Crippen molar-refractivity contribution in [2.45, 2.75) is 0 Å². The summed E-state index contributed by atoms with van der Waals surface area (Å²) in [4.78, 5) is 0. The van der Waals surface area contributed by atoms with Crippen molar-refractivity contribution in [2.24, 2.45) is 11.8 Å². The fourth-order valence-electron chi connectivity index (χ4n) is 11.0. The van der Waals surface area contributed by atoms with Crippen LogP contribution in [0.3, 0.4) is 0 Å². The second-order valence-corrected chi connectivity index (χ2v) is 16.5. The van der Waals surface area contributed by atoms with Crippen molar-refractivity contribution < 1.29 is 0 Å². The van der Waals surface area contributed by atoms with Gasteiger partial charge < -0.3 is 0 Å². The molecular weight excluding hydrogens is 745 g/mol. The molecule has 0 heteroatoms. The Balaban J connectivity index is 1.31. The van der Waals surface area contributed by atoms with Crippen LogP contribution in [0.5, 0.6) is 0 Å². The van der Waals surface area contributed by atoms with Gasteiger partial charge in [0.1, 0.15) is 0 Å². The van der Waals surface area contributed by atoms with Crippen LogP contribution in [0.15, 0.2) is 265 Å². The Morgan fingerprint density at radius 1 is 0.145 bits per heavy atom. The normalized spacial score (nSPS) is 17.9. The Morgan fingerprint density at radius 2 is 0.323 bits per heavy atom. The van der Waals surface area contributed by atoms with Crippen molar-refractivity contribution >= 4 is 44.6 Å². The number of allylic oxidation sites excluding steroid dienone is 12. The van der Waals surface area contributed by atoms with Crippen LogP contribution < -0.4 is 0 Å². The molecule has 0 spiro atoms. The molecule has 0 aromatic heterocycles. The Kier molecular flexibility index (Phi) is 8.75. The second kappa shape index (κ2) is 15.0. The summed E-state index contributed by atoms with van der Waals surface area (Å²) < 4.78 is 0. The smallest absolute Gasteiger partial charge is 0.0224 e. The molecule has 0 fully saturated rings. The maximum absolute atomic E-state index is 2.36. The van der Waals surface area contributed by atoms with Crippen LogP contribution in [0.2, 0.25) is 0 Å². The molecule has 0 amide bonds. The van der Waals surface area contributed by atoms with Crippen molar-refractivity contribution in [3.63, 3.8) is 0 Å². The Morgan fingerprint density at radius 3 is 0.548 bits per heavy atom. The van der Waals surface area contributed by atoms with E-state index in [2.05, 4.69) is 243 Å². The zero-order valence-electron chi connectivity index (χ0n) is 34.2. The number of rotatable bonds is 8. The number of hydrogen-bond donors (Lipinski definition) is 0. The van der Waals surface area contributed by atoms with E-state index in [4.69, 9.17) is 0 Å². The van der Waals surface area contributed by atoms with E-state index in [0.717, 1.165) is 0 Å². The third kappa shape index (κ3) is 5.61. The molecule has 0 heterocycles. The van der Waals surface area contributed by atoms with Gasteiger partial charge in [0.05, 0.1) is 0 Å². The number of fused-ring (bicyclic) bond motifs is 5. The molecule has 0 saturated heterocycles. The lowest BCUT2D eigenvalue weighted by atomic mass is 9.77. The third-order valence-electron chi connectivity index (χ3n) is 13.2. The maximum atomic E-state index is 2.36. The lowest BCUT2D eigenvalue weighted by Crippen LogP contribution is -2.13. The average Bonchev–Trinajstić information content (AvgIpc) is 4.08. The summed E-state index contributed by atoms with van der Waals surface area (Å²) in [5, 5.41) is 0. The monoisotopic (exact) mass is 786 g/mol. The van der Waals surface area contributed by atoms with E-state index in [1.54, 1.807) is 0 Å². The van der Waals surface area contributed by atoms with Gasteiger partial charge in [-0.3, -0.25) is 0 Å². The minimum absolute atomic E-state index is 0.0254. The van der Waals surface area contributed by atoms with E-state index in [9.17, 15) is 0 Å². The lowest BCUT2D eigenvalue weighted by molar-refractivity contribution is 0.721. The maximum Gasteiger partial charge on any atom is 0.0224 e. The van der Waals surface area contributed by atoms with Crippen LogP contribution in [-0.2, 0) is 0 Å². The first-order valence-corrected chi connectivity index (χ1v) is 21.8. The van der Waals surface area contributed by atoms with Crippen LogP contribution in [-0.4, -0.2) is 0 Å². The molecule has 0 N–H and O–H groups in total. The van der Waals surface area contributed by atoms with Crippen LogP contribution in [0.25, 0.3) is 44.6 Å². The van der Waals surface area contributed by atoms with Gasteiger partial charge in [0.2, 0.25) is 0 Å². The highest BCUT2D eigenvalue weighted by Crippen LogP contribution is 2.73. The minimum Gasteiger partial charge on any atom is -0.0622 e. The Hall–Kier alpha value is -7.80. The zero-order chi connectivity index (χ0) is 41.0. The molecule has 8 aromatic rings. The molecule has 0 bridgehead atoms. The summed E-state index contributed by atoms with van der Waals surface area (Å²) in [5.74, 6) is 0.0509. The fraction of sp³-hybridized carbons (Fsp3) is 0.0323. The predicted molar refractivity (Wildman–Crippen MR) is 260 cm³/mol. The van der Waals surface area contributed by atoms with E-state index in [1.807, 2.05) is 0 Å². The van der Waals surface area contributed by atoms with E-state index in [-0.39, 0.29) is 11.8 Å². The minimum atomic E-state index is 0.0254. The lowest BCUT2D eigenvalue weighted by Gasteiger charge is -2.25. The summed E-state index contributed by atoms with van der Waals surface area (Å²) >= 11 is 0. The van der Waals surface area contributed by atoms with E-state index < -0.39 is 0 Å². The quantitative estimate of drug-likeness (QED) is 0.144. The van der Waals surface area contributed by atoms with Crippen molar-refractivity contribution in [1.29, 1.82) is 0 Å². The summed E-state index contributed by atoms with van der Waals surface area (Å²) in [6.07, 6.45) is 0. The number of hydrogen-bond acceptors (Lipinski definition) is 0. The highest BCUT2D eigenvalue weighted by Gasteiger charge is 2.56. The zero-order valence-corrected chi connectivity index (χ0v) is 34.2. The van der Waals surface area contributed by atoms with Crippen molar-refractivity contribution in [3.8, 4) is 0 Å². The predicted octanol–water partition coefficient (Wildman–Crippen LogP) is 15.3. The second-order valence-electron chi connectivity index (χ2n) is 16.5. The molecule has 12 rings (SSSR count). The summed E-state index contributed by atoms with van der Waals surface area (Å²) in [6, 6.07) is 89.7. The topological polar surface area (TPSA) is 0 Å². The largest absolute Gasteiger partial charge is 0.0622 e. The van der Waals surface area contributed by atoms with Crippen molar-refractivity contribution in [2.75, 3.05) is 0 Å². The molecule has 4 aliphatic carbocycles. The van der Waals surface area contributed by atoms with Gasteiger partial charge in [0.15, 0.2) is 0 Å². The SMILES string of the molecule is c1ccc(C2=C(c3ccccc3)C(c3ccccc3)=C3C2=C(c2ccccc2)C2C4=C(c5ccccc5)C(c5ccccc5)=C(c5ccccc5)C4=C(c4ccccc4)C32)cc1. The first-order chi connectivity index (χ1) is 30.9. The molecule has 0 nitrogen and oxygen atoms in total. The van der Waals surface area contributed by atoms with Crippen LogP contribution in [0.1, 0.15) is 44.5 Å². The third-order valence-corrected chi connectivity index (χ3v) is 13.2. The van der Waals surface area contributed by atoms with Gasteiger partial charge in [-0.2, -0.15) is 0 Å². The highest BCUT2D eigenvalue weighted by molar-refractivity contribution is 6.33. The van der Waals surface area contributed by atoms with Crippen molar-refractivity contribution in [1.82, 2.24) is 0 Å². The number of benzene rings is 8. The summed E-state index contributed by atoms with van der Waals surface area (Å²) in [5.41, 5.74) is 26.2. The standard InChI is InChI=1S/C62H42/c1-9-25-41(26-10-1)49-51(43-29-13-3-14-30-43)57-55(47-37-21-7-22-38-47)62-60-54(46-35-19-6-20-36-46)50(42-27-11-2-12-28-42)52(44-31-15-4-16-32-44)58(60)56(48-39-23-8-24-40-48)61(62)59(57)53(49)45-33-17-5-18-34-45/h1-40,61-62H. The fourth-order valence-corrected chi connectivity index (χ4v) is 11.0. The molecule has 0 radical (unpaired) electrons. The van der Waals surface area contributed by atoms with Gasteiger partial charge in [-0.05, 0) is 111 Å². The van der Waals surface area contributed by atoms with E-state index >= 15 is 0 Å². The molecular formula is C62H42. The molecule has 8 aromatic carbocycles. The van der Waals surface area contributed by atoms with Crippen LogP contribution in [0.4, 0.5) is 0 Å². The average molecular weight is 787 g/mol. The van der Waals surface area contributed by atoms with Gasteiger partial charge >= 0.3 is 0 Å². The highest BCUT2D eigenvalue weighted by atomic mass is 14.6.